The molecule has 0 aromatic rings. The molecule has 1 aliphatic heterocycles. The van der Waals surface area contributed by atoms with Crippen LogP contribution in [-0.2, 0) is 14.9 Å². The van der Waals surface area contributed by atoms with E-state index in [4.69, 9.17) is 4.74 Å². The molecular weight excluding hydrogens is 232 g/mol. The number of amides is 1. The SMILES string of the molecule is CC(C)(C)OC(=O)NS(=O)(=O)N1CC=CC1. The smallest absolute Gasteiger partial charge is 0.422 e. The summed E-state index contributed by atoms with van der Waals surface area (Å²) in [7, 11) is -3.79. The highest BCUT2D eigenvalue weighted by molar-refractivity contribution is 7.87. The molecule has 16 heavy (non-hydrogen) atoms. The maximum Gasteiger partial charge on any atom is 0.422 e. The first-order valence-corrected chi connectivity index (χ1v) is 6.30. The Balaban J connectivity index is 2.56. The Morgan fingerprint density at radius 1 is 1.31 bits per heavy atom. The average Bonchev–Trinajstić information content (AvgIpc) is 2.49. The Bertz CT molecular complexity index is 386. The predicted molar refractivity (Wildman–Crippen MR) is 59.0 cm³/mol. The van der Waals surface area contributed by atoms with Gasteiger partial charge in [0.2, 0.25) is 0 Å². The van der Waals surface area contributed by atoms with Gasteiger partial charge in [-0.3, -0.25) is 0 Å². The van der Waals surface area contributed by atoms with Gasteiger partial charge < -0.3 is 4.74 Å². The van der Waals surface area contributed by atoms with Crippen molar-refractivity contribution in [2.24, 2.45) is 0 Å². The van der Waals surface area contributed by atoms with Crippen LogP contribution < -0.4 is 4.72 Å². The minimum absolute atomic E-state index is 0.276. The second-order valence-electron chi connectivity index (χ2n) is 4.40. The molecule has 1 amide bonds. The molecule has 7 heteroatoms. The molecule has 0 bridgehead atoms. The number of nitrogens with one attached hydrogen (secondary N) is 1. The fourth-order valence-electron chi connectivity index (χ4n) is 1.12. The van der Waals surface area contributed by atoms with Gasteiger partial charge in [0.15, 0.2) is 0 Å². The molecule has 0 aliphatic carbocycles. The van der Waals surface area contributed by atoms with E-state index in [-0.39, 0.29) is 13.1 Å². The minimum Gasteiger partial charge on any atom is -0.443 e. The lowest BCUT2D eigenvalue weighted by Gasteiger charge is -2.21. The van der Waals surface area contributed by atoms with Crippen molar-refractivity contribution in [3.63, 3.8) is 0 Å². The molecule has 0 fully saturated rings. The van der Waals surface area contributed by atoms with Gasteiger partial charge in [-0.15, -0.1) is 0 Å². The van der Waals surface area contributed by atoms with E-state index in [1.807, 2.05) is 4.72 Å². The molecule has 92 valence electrons. The van der Waals surface area contributed by atoms with Crippen molar-refractivity contribution in [2.75, 3.05) is 13.1 Å². The van der Waals surface area contributed by atoms with Crippen LogP contribution >= 0.6 is 0 Å². The molecular formula is C9H16N2O4S. The van der Waals surface area contributed by atoms with Gasteiger partial charge in [-0.1, -0.05) is 12.2 Å². The highest BCUT2D eigenvalue weighted by Gasteiger charge is 2.27. The van der Waals surface area contributed by atoms with E-state index in [2.05, 4.69) is 0 Å². The fourth-order valence-corrected chi connectivity index (χ4v) is 2.07. The van der Waals surface area contributed by atoms with Gasteiger partial charge in [-0.2, -0.15) is 12.7 Å². The normalized spacial score (nSPS) is 17.4. The first-order valence-electron chi connectivity index (χ1n) is 4.86. The second-order valence-corrected chi connectivity index (χ2v) is 6.07. The van der Waals surface area contributed by atoms with Gasteiger partial charge >= 0.3 is 16.3 Å². The van der Waals surface area contributed by atoms with Crippen LogP contribution in [0.4, 0.5) is 4.79 Å². The third-order valence-corrected chi connectivity index (χ3v) is 3.14. The summed E-state index contributed by atoms with van der Waals surface area (Å²) in [5.41, 5.74) is -0.719. The van der Waals surface area contributed by atoms with E-state index in [0.29, 0.717) is 0 Å². The summed E-state index contributed by atoms with van der Waals surface area (Å²) in [6.45, 7) is 5.54. The number of hydrogen-bond donors (Lipinski definition) is 1. The maximum atomic E-state index is 11.6. The van der Waals surface area contributed by atoms with Crippen LogP contribution in [-0.4, -0.2) is 37.5 Å². The summed E-state index contributed by atoms with van der Waals surface area (Å²) in [5.74, 6) is 0. The van der Waals surface area contributed by atoms with E-state index >= 15 is 0 Å². The van der Waals surface area contributed by atoms with Crippen molar-refractivity contribution < 1.29 is 17.9 Å². The molecule has 0 saturated carbocycles. The van der Waals surface area contributed by atoms with Crippen molar-refractivity contribution >= 4 is 16.3 Å². The van der Waals surface area contributed by atoms with Crippen LogP contribution in [0, 0.1) is 0 Å². The number of ether oxygens (including phenoxy) is 1. The van der Waals surface area contributed by atoms with Crippen molar-refractivity contribution in [1.29, 1.82) is 0 Å². The molecule has 0 saturated heterocycles. The molecule has 1 N–H and O–H groups in total. The lowest BCUT2D eigenvalue weighted by molar-refractivity contribution is 0.0567. The second kappa shape index (κ2) is 4.42. The van der Waals surface area contributed by atoms with Gasteiger partial charge in [0.25, 0.3) is 0 Å². The van der Waals surface area contributed by atoms with Crippen molar-refractivity contribution in [3.05, 3.63) is 12.2 Å². The molecule has 0 radical (unpaired) electrons. The molecule has 0 aromatic carbocycles. The standard InChI is InChI=1S/C9H16N2O4S/c1-9(2,3)15-8(12)10-16(13,14)11-6-4-5-7-11/h4-5H,6-7H2,1-3H3,(H,10,12). The summed E-state index contributed by atoms with van der Waals surface area (Å²) in [6, 6.07) is 0. The average molecular weight is 248 g/mol. The first kappa shape index (κ1) is 13.0. The zero-order valence-corrected chi connectivity index (χ0v) is 10.4. The lowest BCUT2D eigenvalue weighted by atomic mass is 10.2. The number of rotatable bonds is 2. The van der Waals surface area contributed by atoms with E-state index in [1.54, 1.807) is 32.9 Å². The highest BCUT2D eigenvalue weighted by atomic mass is 32.2. The zero-order chi connectivity index (χ0) is 12.4. The summed E-state index contributed by atoms with van der Waals surface area (Å²) < 4.78 is 31.1. The van der Waals surface area contributed by atoms with Crippen LogP contribution in [0.3, 0.4) is 0 Å². The van der Waals surface area contributed by atoms with Crippen LogP contribution in [0.15, 0.2) is 12.2 Å². The molecule has 0 atom stereocenters. The summed E-state index contributed by atoms with van der Waals surface area (Å²) >= 11 is 0. The summed E-state index contributed by atoms with van der Waals surface area (Å²) in [6.07, 6.45) is 2.47. The quantitative estimate of drug-likeness (QED) is 0.727. The monoisotopic (exact) mass is 248 g/mol. The summed E-state index contributed by atoms with van der Waals surface area (Å²) in [4.78, 5) is 11.3. The summed E-state index contributed by atoms with van der Waals surface area (Å²) in [5, 5.41) is 0. The van der Waals surface area contributed by atoms with Crippen LogP contribution in [0.2, 0.25) is 0 Å². The lowest BCUT2D eigenvalue weighted by Crippen LogP contribution is -2.44. The van der Waals surface area contributed by atoms with Gasteiger partial charge in [-0.05, 0) is 20.8 Å². The Labute approximate surface area is 95.4 Å². The van der Waals surface area contributed by atoms with E-state index in [1.165, 1.54) is 0 Å². The third-order valence-electron chi connectivity index (χ3n) is 1.74. The highest BCUT2D eigenvalue weighted by Crippen LogP contribution is 2.09. The Morgan fingerprint density at radius 3 is 2.25 bits per heavy atom. The van der Waals surface area contributed by atoms with Gasteiger partial charge in [-0.25, -0.2) is 9.52 Å². The number of hydrogen-bond acceptors (Lipinski definition) is 4. The van der Waals surface area contributed by atoms with Crippen molar-refractivity contribution in [1.82, 2.24) is 9.03 Å². The fraction of sp³-hybridized carbons (Fsp3) is 0.667. The Hall–Kier alpha value is -1.08. The van der Waals surface area contributed by atoms with Gasteiger partial charge in [0.05, 0.1) is 0 Å². The third kappa shape index (κ3) is 3.82. The molecule has 1 heterocycles. The molecule has 1 rings (SSSR count). The molecule has 1 aliphatic rings. The van der Waals surface area contributed by atoms with Crippen LogP contribution in [0.5, 0.6) is 0 Å². The molecule has 0 spiro atoms. The molecule has 0 unspecified atom stereocenters. The molecule has 6 nitrogen and oxygen atoms in total. The topological polar surface area (TPSA) is 75.7 Å². The van der Waals surface area contributed by atoms with Crippen LogP contribution in [0.1, 0.15) is 20.8 Å². The predicted octanol–water partition coefficient (Wildman–Crippen LogP) is 0.628. The minimum atomic E-state index is -3.79. The van der Waals surface area contributed by atoms with Gasteiger partial charge in [0.1, 0.15) is 5.60 Å². The van der Waals surface area contributed by atoms with Crippen molar-refractivity contribution in [2.45, 2.75) is 26.4 Å². The number of carbonyl (C=O) groups is 1. The van der Waals surface area contributed by atoms with Gasteiger partial charge in [0, 0.05) is 13.1 Å². The maximum absolute atomic E-state index is 11.6. The largest absolute Gasteiger partial charge is 0.443 e. The van der Waals surface area contributed by atoms with E-state index in [9.17, 15) is 13.2 Å². The van der Waals surface area contributed by atoms with E-state index in [0.717, 1.165) is 4.31 Å². The van der Waals surface area contributed by atoms with E-state index < -0.39 is 21.9 Å². The zero-order valence-electron chi connectivity index (χ0n) is 9.56. The van der Waals surface area contributed by atoms with Crippen LogP contribution in [0.25, 0.3) is 0 Å². The first-order chi connectivity index (χ1) is 7.21. The molecule has 0 aromatic heterocycles. The van der Waals surface area contributed by atoms with Crippen molar-refractivity contribution in [3.8, 4) is 0 Å². The Morgan fingerprint density at radius 2 is 1.81 bits per heavy atom. The number of nitrogens with zero attached hydrogens (tertiary/aromatic N) is 1. The Kier molecular flexibility index (Phi) is 3.59. The number of carbonyl (C=O) groups excluding carboxylic acids is 1.